The lowest BCUT2D eigenvalue weighted by Crippen LogP contribution is -2.60. The Kier molecular flexibility index (Phi) is 3.14. The first kappa shape index (κ1) is 13.1. The van der Waals surface area contributed by atoms with Crippen LogP contribution in [0.1, 0.15) is 30.4 Å². The van der Waals surface area contributed by atoms with Gasteiger partial charge < -0.3 is 14.5 Å². The van der Waals surface area contributed by atoms with E-state index in [0.717, 1.165) is 25.8 Å². The number of amides is 1. The zero-order valence-corrected chi connectivity index (χ0v) is 12.5. The minimum atomic E-state index is -0.126. The van der Waals surface area contributed by atoms with Crippen LogP contribution in [0.25, 0.3) is 0 Å². The van der Waals surface area contributed by atoms with E-state index in [0.29, 0.717) is 18.6 Å². The van der Waals surface area contributed by atoms with Crippen molar-refractivity contribution in [2.24, 2.45) is 0 Å². The molecule has 2 atom stereocenters. The van der Waals surface area contributed by atoms with Crippen LogP contribution in [0.3, 0.4) is 0 Å². The third-order valence-electron chi connectivity index (χ3n) is 5.42. The van der Waals surface area contributed by atoms with Crippen LogP contribution in [-0.4, -0.2) is 47.7 Å². The second-order valence-corrected chi connectivity index (χ2v) is 6.63. The average Bonchev–Trinajstić information content (AvgIpc) is 2.54. The summed E-state index contributed by atoms with van der Waals surface area (Å²) in [5.74, 6) is 0. The first-order valence-corrected chi connectivity index (χ1v) is 7.95. The fourth-order valence-corrected chi connectivity index (χ4v) is 4.00. The number of carbonyl (C=O) groups is 1. The van der Waals surface area contributed by atoms with Crippen molar-refractivity contribution in [1.29, 1.82) is 0 Å². The largest absolute Gasteiger partial charge is 0.446 e. The van der Waals surface area contributed by atoms with Gasteiger partial charge >= 0.3 is 6.09 Å². The zero-order chi connectivity index (χ0) is 14.4. The molecule has 2 saturated heterocycles. The van der Waals surface area contributed by atoms with Crippen molar-refractivity contribution in [2.75, 3.05) is 13.6 Å². The standard InChI is InChI=1S/C17H22N2O2/c1-18-14-8-15(18)10-16(9-14)21-17(20)19-7-6-12-4-2-3-5-13(12)11-19/h2-5,14-16H,6-11H2,1H3. The van der Waals surface area contributed by atoms with Gasteiger partial charge in [0.1, 0.15) is 6.10 Å². The van der Waals surface area contributed by atoms with Crippen molar-refractivity contribution in [2.45, 2.75) is 50.4 Å². The van der Waals surface area contributed by atoms with Gasteiger partial charge in [-0.25, -0.2) is 4.79 Å². The van der Waals surface area contributed by atoms with E-state index in [1.165, 1.54) is 17.5 Å². The Labute approximate surface area is 125 Å². The molecule has 1 saturated carbocycles. The average molecular weight is 286 g/mol. The summed E-state index contributed by atoms with van der Waals surface area (Å²) >= 11 is 0. The van der Waals surface area contributed by atoms with Crippen molar-refractivity contribution in [3.63, 3.8) is 0 Å². The molecule has 0 N–H and O–H groups in total. The number of carbonyl (C=O) groups excluding carboxylic acids is 1. The van der Waals surface area contributed by atoms with E-state index in [1.807, 2.05) is 11.0 Å². The van der Waals surface area contributed by atoms with Crippen LogP contribution in [-0.2, 0) is 17.7 Å². The molecular formula is C17H22N2O2. The first-order chi connectivity index (χ1) is 10.2. The highest BCUT2D eigenvalue weighted by Crippen LogP contribution is 2.38. The van der Waals surface area contributed by atoms with E-state index < -0.39 is 0 Å². The molecule has 0 spiro atoms. The molecule has 4 nitrogen and oxygen atoms in total. The molecule has 5 rings (SSSR count). The predicted octanol–water partition coefficient (Wildman–Crippen LogP) is 2.42. The summed E-state index contributed by atoms with van der Waals surface area (Å²) in [5, 5.41) is 0. The highest BCUT2D eigenvalue weighted by molar-refractivity contribution is 5.68. The Bertz CT molecular complexity index is 547. The lowest BCUT2D eigenvalue weighted by Gasteiger charge is -2.53. The molecule has 4 heteroatoms. The number of hydrogen-bond donors (Lipinski definition) is 0. The van der Waals surface area contributed by atoms with Crippen LogP contribution in [0.4, 0.5) is 4.79 Å². The topological polar surface area (TPSA) is 32.8 Å². The van der Waals surface area contributed by atoms with Gasteiger partial charge in [0, 0.05) is 38.0 Å². The van der Waals surface area contributed by atoms with Crippen molar-refractivity contribution < 1.29 is 9.53 Å². The molecule has 3 aliphatic heterocycles. The smallest absolute Gasteiger partial charge is 0.410 e. The minimum Gasteiger partial charge on any atom is -0.446 e. The molecule has 2 unspecified atom stereocenters. The zero-order valence-electron chi connectivity index (χ0n) is 12.5. The van der Waals surface area contributed by atoms with Gasteiger partial charge in [0.15, 0.2) is 0 Å². The molecule has 3 fully saturated rings. The Morgan fingerprint density at radius 2 is 1.86 bits per heavy atom. The summed E-state index contributed by atoms with van der Waals surface area (Å²) in [6.07, 6.45) is 4.21. The quantitative estimate of drug-likeness (QED) is 0.795. The number of piperidine rings is 1. The molecule has 4 aliphatic rings. The van der Waals surface area contributed by atoms with Crippen molar-refractivity contribution >= 4 is 6.09 Å². The normalized spacial score (nSPS) is 31.3. The Balaban J connectivity index is 1.36. The van der Waals surface area contributed by atoms with Crippen LogP contribution >= 0.6 is 0 Å². The van der Waals surface area contributed by atoms with Gasteiger partial charge in [-0.1, -0.05) is 24.3 Å². The Morgan fingerprint density at radius 3 is 2.57 bits per heavy atom. The van der Waals surface area contributed by atoms with Crippen LogP contribution < -0.4 is 0 Å². The molecule has 3 heterocycles. The van der Waals surface area contributed by atoms with Gasteiger partial charge in [-0.05, 0) is 31.0 Å². The van der Waals surface area contributed by atoms with Gasteiger partial charge in [-0.15, -0.1) is 0 Å². The second-order valence-electron chi connectivity index (χ2n) is 6.63. The van der Waals surface area contributed by atoms with E-state index in [9.17, 15) is 4.79 Å². The fraction of sp³-hybridized carbons (Fsp3) is 0.588. The predicted molar refractivity (Wildman–Crippen MR) is 80.0 cm³/mol. The lowest BCUT2D eigenvalue weighted by atomic mass is 9.79. The Morgan fingerprint density at radius 1 is 1.14 bits per heavy atom. The molecule has 0 radical (unpaired) electrons. The maximum atomic E-state index is 12.4. The summed E-state index contributed by atoms with van der Waals surface area (Å²) in [5.41, 5.74) is 2.62. The Hall–Kier alpha value is -1.55. The molecule has 112 valence electrons. The maximum Gasteiger partial charge on any atom is 0.410 e. The van der Waals surface area contributed by atoms with Crippen molar-refractivity contribution in [3.8, 4) is 0 Å². The van der Waals surface area contributed by atoms with Crippen molar-refractivity contribution in [3.05, 3.63) is 35.4 Å². The van der Waals surface area contributed by atoms with Gasteiger partial charge in [-0.3, -0.25) is 0 Å². The summed E-state index contributed by atoms with van der Waals surface area (Å²) in [4.78, 5) is 16.6. The van der Waals surface area contributed by atoms with Crippen molar-refractivity contribution in [1.82, 2.24) is 9.80 Å². The van der Waals surface area contributed by atoms with Gasteiger partial charge in [0.2, 0.25) is 0 Å². The van der Waals surface area contributed by atoms with Gasteiger partial charge in [0.05, 0.1) is 0 Å². The number of ether oxygens (including phenoxy) is 1. The number of hydrogen-bond acceptors (Lipinski definition) is 3. The number of nitrogens with zero attached hydrogens (tertiary/aromatic N) is 2. The fourth-order valence-electron chi connectivity index (χ4n) is 4.00. The SMILES string of the molecule is CN1C2CC(OC(=O)N3CCc4ccccc4C3)CC1C2. The summed E-state index contributed by atoms with van der Waals surface area (Å²) in [6.45, 7) is 1.46. The van der Waals surface area contributed by atoms with Crippen LogP contribution in [0, 0.1) is 0 Å². The molecular weight excluding hydrogens is 264 g/mol. The van der Waals surface area contributed by atoms with Crippen LogP contribution in [0.2, 0.25) is 0 Å². The van der Waals surface area contributed by atoms with Gasteiger partial charge in [0.25, 0.3) is 0 Å². The summed E-state index contributed by atoms with van der Waals surface area (Å²) in [6, 6.07) is 9.63. The van der Waals surface area contributed by atoms with E-state index in [-0.39, 0.29) is 12.2 Å². The first-order valence-electron chi connectivity index (χ1n) is 7.95. The van der Waals surface area contributed by atoms with Crippen LogP contribution in [0.5, 0.6) is 0 Å². The summed E-state index contributed by atoms with van der Waals surface area (Å²) in [7, 11) is 2.18. The third-order valence-corrected chi connectivity index (χ3v) is 5.42. The maximum absolute atomic E-state index is 12.4. The molecule has 1 amide bonds. The molecule has 21 heavy (non-hydrogen) atoms. The number of rotatable bonds is 1. The van der Waals surface area contributed by atoms with Crippen LogP contribution in [0.15, 0.2) is 24.3 Å². The van der Waals surface area contributed by atoms with E-state index in [1.54, 1.807) is 0 Å². The third kappa shape index (κ3) is 2.31. The summed E-state index contributed by atoms with van der Waals surface area (Å²) < 4.78 is 5.76. The van der Waals surface area contributed by atoms with Gasteiger partial charge in [-0.2, -0.15) is 0 Å². The minimum absolute atomic E-state index is 0.120. The molecule has 2 bridgehead atoms. The highest BCUT2D eigenvalue weighted by atomic mass is 16.6. The molecule has 1 aromatic carbocycles. The van der Waals surface area contributed by atoms with E-state index in [2.05, 4.69) is 30.1 Å². The molecule has 1 aliphatic carbocycles. The second kappa shape index (κ2) is 5.02. The molecule has 1 aromatic rings. The lowest BCUT2D eigenvalue weighted by molar-refractivity contribution is -0.0742. The number of benzene rings is 1. The monoisotopic (exact) mass is 286 g/mol. The van der Waals surface area contributed by atoms with E-state index >= 15 is 0 Å². The number of fused-ring (bicyclic) bond motifs is 3. The molecule has 0 aromatic heterocycles. The highest BCUT2D eigenvalue weighted by Gasteiger charge is 2.44. The van der Waals surface area contributed by atoms with E-state index in [4.69, 9.17) is 4.74 Å².